The number of furan rings is 1. The highest BCUT2D eigenvalue weighted by molar-refractivity contribution is 5.87. The number of hydrogen-bond donors (Lipinski definition) is 2. The topological polar surface area (TPSA) is 80.2 Å². The number of nitrogens with zero attached hydrogens (tertiary/aromatic N) is 3. The number of fused-ring (bicyclic) bond motifs is 1. The molecule has 1 fully saturated rings. The first-order chi connectivity index (χ1) is 9.22. The van der Waals surface area contributed by atoms with Crippen LogP contribution in [0.5, 0.6) is 0 Å². The normalized spacial score (nSPS) is 19.5. The molecule has 0 saturated carbocycles. The Morgan fingerprint density at radius 1 is 1.53 bits per heavy atom. The average molecular weight is 261 g/mol. The molecule has 0 unspecified atom stereocenters. The molecule has 1 atom stereocenters. The summed E-state index contributed by atoms with van der Waals surface area (Å²) in [5.41, 5.74) is 8.51. The van der Waals surface area contributed by atoms with Crippen LogP contribution in [0.15, 0.2) is 10.7 Å². The van der Waals surface area contributed by atoms with E-state index in [0.29, 0.717) is 12.0 Å². The number of anilines is 2. The van der Waals surface area contributed by atoms with Crippen molar-refractivity contribution in [1.82, 2.24) is 15.3 Å². The van der Waals surface area contributed by atoms with Crippen molar-refractivity contribution in [2.75, 3.05) is 30.8 Å². The lowest BCUT2D eigenvalue weighted by Gasteiger charge is -2.17. The second-order valence-electron chi connectivity index (χ2n) is 4.92. The Balaban J connectivity index is 2.06. The smallest absolute Gasteiger partial charge is 0.222 e. The summed E-state index contributed by atoms with van der Waals surface area (Å²) < 4.78 is 5.66. The fraction of sp³-hybridized carbons (Fsp3) is 0.538. The summed E-state index contributed by atoms with van der Waals surface area (Å²) in [5, 5.41) is 3.30. The number of aryl methyl sites for hydroxylation is 1. The first-order valence-electron chi connectivity index (χ1n) is 6.68. The van der Waals surface area contributed by atoms with Crippen LogP contribution in [0.3, 0.4) is 0 Å². The fourth-order valence-corrected chi connectivity index (χ4v) is 2.62. The molecular weight excluding hydrogens is 242 g/mol. The van der Waals surface area contributed by atoms with Gasteiger partial charge in [0.05, 0.1) is 6.26 Å². The van der Waals surface area contributed by atoms with E-state index in [-0.39, 0.29) is 0 Å². The molecule has 6 nitrogen and oxygen atoms in total. The summed E-state index contributed by atoms with van der Waals surface area (Å²) in [6, 6.07) is 0.492. The summed E-state index contributed by atoms with van der Waals surface area (Å²) in [6.07, 6.45) is 3.74. The Bertz CT molecular complexity index is 594. The van der Waals surface area contributed by atoms with Gasteiger partial charge in [0.1, 0.15) is 5.52 Å². The van der Waals surface area contributed by atoms with E-state index in [1.807, 2.05) is 7.05 Å². The highest BCUT2D eigenvalue weighted by Gasteiger charge is 2.26. The molecule has 0 bridgehead atoms. The van der Waals surface area contributed by atoms with E-state index in [1.165, 1.54) is 0 Å². The van der Waals surface area contributed by atoms with Gasteiger partial charge in [-0.25, -0.2) is 4.98 Å². The van der Waals surface area contributed by atoms with Gasteiger partial charge in [0, 0.05) is 24.7 Å². The third-order valence-corrected chi connectivity index (χ3v) is 3.77. The minimum absolute atomic E-state index is 0.312. The van der Waals surface area contributed by atoms with Crippen LogP contribution in [0.2, 0.25) is 0 Å². The van der Waals surface area contributed by atoms with Gasteiger partial charge in [0.15, 0.2) is 11.4 Å². The minimum atomic E-state index is 0.312. The molecule has 6 heteroatoms. The van der Waals surface area contributed by atoms with Crippen molar-refractivity contribution in [1.29, 1.82) is 0 Å². The Kier molecular flexibility index (Phi) is 3.02. The van der Waals surface area contributed by atoms with Gasteiger partial charge in [-0.3, -0.25) is 0 Å². The van der Waals surface area contributed by atoms with Gasteiger partial charge in [0.25, 0.3) is 0 Å². The molecule has 2 aromatic heterocycles. The van der Waals surface area contributed by atoms with E-state index >= 15 is 0 Å². The lowest BCUT2D eigenvalue weighted by Crippen LogP contribution is -2.30. The van der Waals surface area contributed by atoms with Crippen LogP contribution in [0.4, 0.5) is 11.8 Å². The zero-order chi connectivity index (χ0) is 13.4. The molecule has 3 rings (SSSR count). The van der Waals surface area contributed by atoms with E-state index in [1.54, 1.807) is 6.26 Å². The quantitative estimate of drug-likeness (QED) is 0.863. The van der Waals surface area contributed by atoms with Crippen molar-refractivity contribution in [2.24, 2.45) is 0 Å². The third kappa shape index (κ3) is 2.02. The zero-order valence-corrected chi connectivity index (χ0v) is 11.3. The van der Waals surface area contributed by atoms with E-state index in [2.05, 4.69) is 27.1 Å². The van der Waals surface area contributed by atoms with E-state index in [9.17, 15) is 0 Å². The number of likely N-dealkylation sites (N-methyl/N-ethyl adjacent to an activating group) is 1. The summed E-state index contributed by atoms with van der Waals surface area (Å²) in [6.45, 7) is 3.96. The van der Waals surface area contributed by atoms with Crippen LogP contribution in [0, 0.1) is 0 Å². The number of aromatic nitrogens is 2. The molecule has 3 N–H and O–H groups in total. The molecule has 0 radical (unpaired) electrons. The highest BCUT2D eigenvalue weighted by atomic mass is 16.3. The second kappa shape index (κ2) is 4.70. The van der Waals surface area contributed by atoms with Crippen molar-refractivity contribution in [3.8, 4) is 0 Å². The van der Waals surface area contributed by atoms with E-state index < -0.39 is 0 Å². The van der Waals surface area contributed by atoms with Crippen LogP contribution >= 0.6 is 0 Å². The maximum atomic E-state index is 5.84. The van der Waals surface area contributed by atoms with E-state index in [0.717, 1.165) is 48.4 Å². The van der Waals surface area contributed by atoms with Crippen molar-refractivity contribution in [2.45, 2.75) is 25.8 Å². The second-order valence-corrected chi connectivity index (χ2v) is 4.92. The molecule has 1 saturated heterocycles. The van der Waals surface area contributed by atoms with Crippen LogP contribution in [0.25, 0.3) is 11.1 Å². The van der Waals surface area contributed by atoms with Crippen LogP contribution in [-0.4, -0.2) is 36.1 Å². The predicted octanol–water partition coefficient (Wildman–Crippen LogP) is 1.17. The first-order valence-corrected chi connectivity index (χ1v) is 6.68. The number of nitrogens with one attached hydrogen (secondary N) is 1. The first kappa shape index (κ1) is 12.2. The lowest BCUT2D eigenvalue weighted by molar-refractivity contribution is 0.604. The van der Waals surface area contributed by atoms with Crippen molar-refractivity contribution in [3.63, 3.8) is 0 Å². The van der Waals surface area contributed by atoms with Gasteiger partial charge in [-0.15, -0.1) is 0 Å². The molecule has 2 aromatic rings. The van der Waals surface area contributed by atoms with Gasteiger partial charge < -0.3 is 20.4 Å². The largest absolute Gasteiger partial charge is 0.458 e. The predicted molar refractivity (Wildman–Crippen MR) is 75.3 cm³/mol. The molecule has 3 heterocycles. The maximum Gasteiger partial charge on any atom is 0.222 e. The average Bonchev–Trinajstić information content (AvgIpc) is 3.03. The molecule has 0 aliphatic carbocycles. The van der Waals surface area contributed by atoms with Gasteiger partial charge in [-0.1, -0.05) is 6.92 Å². The molecule has 19 heavy (non-hydrogen) atoms. The molecular formula is C13H19N5O. The zero-order valence-electron chi connectivity index (χ0n) is 11.3. The third-order valence-electron chi connectivity index (χ3n) is 3.77. The monoisotopic (exact) mass is 261 g/mol. The van der Waals surface area contributed by atoms with Gasteiger partial charge in [0.2, 0.25) is 5.95 Å². The number of rotatable bonds is 3. The fourth-order valence-electron chi connectivity index (χ4n) is 2.62. The lowest BCUT2D eigenvalue weighted by atomic mass is 10.2. The van der Waals surface area contributed by atoms with Crippen LogP contribution < -0.4 is 16.0 Å². The van der Waals surface area contributed by atoms with Crippen molar-refractivity contribution >= 4 is 22.9 Å². The molecule has 1 aliphatic rings. The van der Waals surface area contributed by atoms with E-state index in [4.69, 9.17) is 10.2 Å². The van der Waals surface area contributed by atoms with Gasteiger partial charge in [-0.2, -0.15) is 4.98 Å². The number of nitrogens with two attached hydrogens (primary N) is 1. The SMILES string of the molecule is CCc1coc2c(N3CC[C@@H](NC)C3)nc(N)nc12. The maximum absolute atomic E-state index is 5.84. The summed E-state index contributed by atoms with van der Waals surface area (Å²) in [5.74, 6) is 1.13. The Hall–Kier alpha value is -1.82. The van der Waals surface area contributed by atoms with Gasteiger partial charge >= 0.3 is 0 Å². The standard InChI is InChI=1S/C13H19N5O/c1-3-8-7-19-11-10(8)16-13(14)17-12(11)18-5-4-9(6-18)15-2/h7,9,15H,3-6H2,1-2H3,(H2,14,16,17)/t9-/m1/s1. The summed E-state index contributed by atoms with van der Waals surface area (Å²) in [4.78, 5) is 10.9. The van der Waals surface area contributed by atoms with Crippen molar-refractivity contribution in [3.05, 3.63) is 11.8 Å². The number of nitrogen functional groups attached to an aromatic ring is 1. The molecule has 102 valence electrons. The summed E-state index contributed by atoms with van der Waals surface area (Å²) in [7, 11) is 1.99. The molecule has 0 amide bonds. The van der Waals surface area contributed by atoms with Crippen molar-refractivity contribution < 1.29 is 4.42 Å². The van der Waals surface area contributed by atoms with Crippen LogP contribution in [0.1, 0.15) is 18.9 Å². The minimum Gasteiger partial charge on any atom is -0.458 e. The molecule has 1 aliphatic heterocycles. The summed E-state index contributed by atoms with van der Waals surface area (Å²) >= 11 is 0. The Morgan fingerprint density at radius 2 is 2.37 bits per heavy atom. The molecule has 0 spiro atoms. The highest BCUT2D eigenvalue weighted by Crippen LogP contribution is 2.30. The Morgan fingerprint density at radius 3 is 3.05 bits per heavy atom. The molecule has 0 aromatic carbocycles. The Labute approximate surface area is 112 Å². The van der Waals surface area contributed by atoms with Crippen LogP contribution in [-0.2, 0) is 6.42 Å². The van der Waals surface area contributed by atoms with Gasteiger partial charge in [-0.05, 0) is 19.9 Å². The number of hydrogen-bond acceptors (Lipinski definition) is 6.